The fourth-order valence-electron chi connectivity index (χ4n) is 0.654. The smallest absolute Gasteiger partial charge is 0.125 e. The van der Waals surface area contributed by atoms with Gasteiger partial charge in [-0.1, -0.05) is 18.2 Å². The van der Waals surface area contributed by atoms with E-state index in [4.69, 9.17) is 0 Å². The predicted molar refractivity (Wildman–Crippen MR) is 40.6 cm³/mol. The molecule has 0 radical (unpaired) electrons. The number of hydrogen-bond acceptors (Lipinski definition) is 1. The molecule has 0 spiro atoms. The minimum atomic E-state index is -0.505. The summed E-state index contributed by atoms with van der Waals surface area (Å²) >= 11 is 0. The quantitative estimate of drug-likeness (QED) is 0.555. The van der Waals surface area contributed by atoms with Gasteiger partial charge in [0, 0.05) is 6.21 Å². The molecule has 1 rings (SSSR count). The Morgan fingerprint density at radius 1 is 1.30 bits per heavy atom. The van der Waals surface area contributed by atoms with Crippen molar-refractivity contribution in [1.82, 2.24) is 0 Å². The molecular weight excluding hydrogens is 129 g/mol. The molecule has 0 saturated carbocycles. The summed E-state index contributed by atoms with van der Waals surface area (Å²) in [7, 11) is 0. The molecule has 2 heteroatoms. The van der Waals surface area contributed by atoms with Crippen molar-refractivity contribution in [1.29, 1.82) is 0 Å². The molecule has 0 aliphatic carbocycles. The van der Waals surface area contributed by atoms with Crippen LogP contribution in [0.4, 0.5) is 10.1 Å². The zero-order valence-electron chi connectivity index (χ0n) is 5.50. The second-order valence-corrected chi connectivity index (χ2v) is 1.80. The number of benzene rings is 1. The molecule has 0 atom stereocenters. The lowest BCUT2D eigenvalue weighted by molar-refractivity contribution is 0.588. The van der Waals surface area contributed by atoms with Crippen LogP contribution in [0, 0.1) is 0 Å². The third-order valence-corrected chi connectivity index (χ3v) is 1.07. The maximum atomic E-state index is 11.5. The standard InChI is InChI=1S/C8H8FN/c9-6-7-10-8-4-2-1-3-5-8/h1-5,7H,6H2. The highest BCUT2D eigenvalue weighted by atomic mass is 19.1. The fraction of sp³-hybridized carbons (Fsp3) is 0.125. The largest absolute Gasteiger partial charge is 0.259 e. The van der Waals surface area contributed by atoms with Gasteiger partial charge >= 0.3 is 0 Å². The number of alkyl halides is 1. The summed E-state index contributed by atoms with van der Waals surface area (Å²) in [6.07, 6.45) is 1.25. The number of para-hydroxylation sites is 1. The monoisotopic (exact) mass is 137 g/mol. The van der Waals surface area contributed by atoms with E-state index in [1.54, 1.807) is 0 Å². The molecule has 0 heterocycles. The van der Waals surface area contributed by atoms with Crippen LogP contribution in [0.2, 0.25) is 0 Å². The SMILES string of the molecule is FCC=Nc1ccccc1. The summed E-state index contributed by atoms with van der Waals surface area (Å²) in [6.45, 7) is -0.505. The van der Waals surface area contributed by atoms with Crippen molar-refractivity contribution >= 4 is 11.9 Å². The Morgan fingerprint density at radius 2 is 2.00 bits per heavy atom. The lowest BCUT2D eigenvalue weighted by Gasteiger charge is -1.87. The Balaban J connectivity index is 2.67. The molecule has 0 bridgehead atoms. The normalized spacial score (nSPS) is 10.5. The van der Waals surface area contributed by atoms with Crippen molar-refractivity contribution < 1.29 is 4.39 Å². The Hall–Kier alpha value is -1.18. The van der Waals surface area contributed by atoms with E-state index in [9.17, 15) is 4.39 Å². The molecular formula is C8H8FN. The van der Waals surface area contributed by atoms with Crippen molar-refractivity contribution in [3.63, 3.8) is 0 Å². The minimum absolute atomic E-state index is 0.505. The molecule has 10 heavy (non-hydrogen) atoms. The number of aliphatic imine (C=N–C) groups is 1. The first-order valence-electron chi connectivity index (χ1n) is 3.07. The minimum Gasteiger partial charge on any atom is -0.259 e. The molecule has 0 saturated heterocycles. The highest BCUT2D eigenvalue weighted by Gasteiger charge is 1.80. The molecule has 0 aromatic heterocycles. The summed E-state index contributed by atoms with van der Waals surface area (Å²) < 4.78 is 11.5. The van der Waals surface area contributed by atoms with E-state index in [2.05, 4.69) is 4.99 Å². The molecule has 0 N–H and O–H groups in total. The zero-order valence-corrected chi connectivity index (χ0v) is 5.50. The first kappa shape index (κ1) is 6.93. The van der Waals surface area contributed by atoms with Crippen LogP contribution in [0.1, 0.15) is 0 Å². The average molecular weight is 137 g/mol. The van der Waals surface area contributed by atoms with Gasteiger partial charge in [-0.3, -0.25) is 4.99 Å². The molecule has 52 valence electrons. The number of halogens is 1. The van der Waals surface area contributed by atoms with E-state index in [0.717, 1.165) is 5.69 Å². The highest BCUT2D eigenvalue weighted by Crippen LogP contribution is 2.07. The van der Waals surface area contributed by atoms with Crippen LogP contribution < -0.4 is 0 Å². The van der Waals surface area contributed by atoms with Crippen LogP contribution in [0.15, 0.2) is 35.3 Å². The molecule has 0 amide bonds. The maximum Gasteiger partial charge on any atom is 0.125 e. The van der Waals surface area contributed by atoms with Crippen LogP contribution in [-0.2, 0) is 0 Å². The summed E-state index contributed by atoms with van der Waals surface area (Å²) in [5.74, 6) is 0. The van der Waals surface area contributed by atoms with Gasteiger partial charge in [-0.2, -0.15) is 0 Å². The number of hydrogen-bond donors (Lipinski definition) is 0. The second-order valence-electron chi connectivity index (χ2n) is 1.80. The number of rotatable bonds is 2. The van der Waals surface area contributed by atoms with Crippen LogP contribution >= 0.6 is 0 Å². The lowest BCUT2D eigenvalue weighted by atomic mass is 10.3. The average Bonchev–Trinajstić information content (AvgIpc) is 2.03. The molecule has 0 aliphatic rings. The molecule has 1 nitrogen and oxygen atoms in total. The molecule has 1 aromatic rings. The Bertz CT molecular complexity index is 206. The third kappa shape index (κ3) is 1.97. The van der Waals surface area contributed by atoms with Gasteiger partial charge in [0.1, 0.15) is 6.67 Å². The Kier molecular flexibility index (Phi) is 2.62. The molecule has 0 aliphatic heterocycles. The van der Waals surface area contributed by atoms with E-state index < -0.39 is 6.67 Å². The van der Waals surface area contributed by atoms with Gasteiger partial charge in [-0.25, -0.2) is 4.39 Å². The Morgan fingerprint density at radius 3 is 2.60 bits per heavy atom. The van der Waals surface area contributed by atoms with Crippen molar-refractivity contribution in [2.45, 2.75) is 0 Å². The van der Waals surface area contributed by atoms with Crippen LogP contribution in [0.5, 0.6) is 0 Å². The van der Waals surface area contributed by atoms with E-state index >= 15 is 0 Å². The van der Waals surface area contributed by atoms with E-state index in [0.29, 0.717) is 0 Å². The summed E-state index contributed by atoms with van der Waals surface area (Å²) in [6, 6.07) is 9.28. The van der Waals surface area contributed by atoms with Gasteiger partial charge in [-0.05, 0) is 12.1 Å². The van der Waals surface area contributed by atoms with Gasteiger partial charge < -0.3 is 0 Å². The summed E-state index contributed by atoms with van der Waals surface area (Å²) in [4.78, 5) is 3.82. The second kappa shape index (κ2) is 3.77. The van der Waals surface area contributed by atoms with Crippen LogP contribution in [0.25, 0.3) is 0 Å². The molecule has 1 aromatic carbocycles. The van der Waals surface area contributed by atoms with Crippen LogP contribution in [-0.4, -0.2) is 12.9 Å². The lowest BCUT2D eigenvalue weighted by Crippen LogP contribution is -1.72. The number of nitrogens with zero attached hydrogens (tertiary/aromatic N) is 1. The van der Waals surface area contributed by atoms with Crippen molar-refractivity contribution in [3.05, 3.63) is 30.3 Å². The highest BCUT2D eigenvalue weighted by molar-refractivity contribution is 5.63. The molecule has 0 unspecified atom stereocenters. The Labute approximate surface area is 59.2 Å². The van der Waals surface area contributed by atoms with E-state index in [1.165, 1.54) is 6.21 Å². The first-order valence-corrected chi connectivity index (χ1v) is 3.07. The summed E-state index contributed by atoms with van der Waals surface area (Å²) in [5, 5.41) is 0. The van der Waals surface area contributed by atoms with E-state index in [1.807, 2.05) is 30.3 Å². The maximum absolute atomic E-state index is 11.5. The summed E-state index contributed by atoms with van der Waals surface area (Å²) in [5.41, 5.74) is 0.792. The van der Waals surface area contributed by atoms with Crippen molar-refractivity contribution in [3.8, 4) is 0 Å². The fourth-order valence-corrected chi connectivity index (χ4v) is 0.654. The third-order valence-electron chi connectivity index (χ3n) is 1.07. The van der Waals surface area contributed by atoms with Gasteiger partial charge in [0.25, 0.3) is 0 Å². The van der Waals surface area contributed by atoms with Gasteiger partial charge in [-0.15, -0.1) is 0 Å². The van der Waals surface area contributed by atoms with Crippen molar-refractivity contribution in [2.75, 3.05) is 6.67 Å². The van der Waals surface area contributed by atoms with Crippen LogP contribution in [0.3, 0.4) is 0 Å². The van der Waals surface area contributed by atoms with Crippen molar-refractivity contribution in [2.24, 2.45) is 4.99 Å². The molecule has 0 fully saturated rings. The van der Waals surface area contributed by atoms with Gasteiger partial charge in [0.05, 0.1) is 5.69 Å². The van der Waals surface area contributed by atoms with E-state index in [-0.39, 0.29) is 0 Å². The first-order chi connectivity index (χ1) is 4.93. The van der Waals surface area contributed by atoms with Gasteiger partial charge in [0.15, 0.2) is 0 Å². The topological polar surface area (TPSA) is 12.4 Å². The van der Waals surface area contributed by atoms with Gasteiger partial charge in [0.2, 0.25) is 0 Å². The predicted octanol–water partition coefficient (Wildman–Crippen LogP) is 2.36. The zero-order chi connectivity index (χ0) is 7.23.